The van der Waals surface area contributed by atoms with Crippen LogP contribution in [0.1, 0.15) is 25.6 Å². The van der Waals surface area contributed by atoms with Crippen LogP contribution in [0.4, 0.5) is 0 Å². The molecule has 0 saturated carbocycles. The maximum Gasteiger partial charge on any atom is 0.248 e. The highest BCUT2D eigenvalue weighted by molar-refractivity contribution is 14.1. The number of aromatic nitrogens is 4. The summed E-state index contributed by atoms with van der Waals surface area (Å²) in [6.07, 6.45) is 4.58. The van der Waals surface area contributed by atoms with E-state index in [4.69, 9.17) is 4.52 Å². The molecule has 0 spiro atoms. The molecule has 2 aromatic heterocycles. The number of nitrogens with zero attached hydrogens (tertiary/aromatic N) is 4. The van der Waals surface area contributed by atoms with Crippen molar-refractivity contribution in [1.82, 2.24) is 19.9 Å². The van der Waals surface area contributed by atoms with E-state index in [1.807, 2.05) is 6.20 Å². The van der Waals surface area contributed by atoms with Gasteiger partial charge in [-0.15, -0.1) is 0 Å². The van der Waals surface area contributed by atoms with E-state index in [0.29, 0.717) is 18.4 Å². The van der Waals surface area contributed by atoms with Crippen LogP contribution in [0, 0.1) is 9.49 Å². The first-order valence-corrected chi connectivity index (χ1v) is 6.21. The summed E-state index contributed by atoms with van der Waals surface area (Å²) < 4.78 is 8.04. The van der Waals surface area contributed by atoms with Crippen molar-refractivity contribution >= 4 is 22.6 Å². The van der Waals surface area contributed by atoms with E-state index in [0.717, 1.165) is 15.8 Å². The summed E-state index contributed by atoms with van der Waals surface area (Å²) in [6.45, 7) is 4.80. The Hall–Kier alpha value is -0.920. The third kappa shape index (κ3) is 3.03. The van der Waals surface area contributed by atoms with Gasteiger partial charge in [-0.05, 0) is 28.5 Å². The molecule has 0 fully saturated rings. The highest BCUT2D eigenvalue weighted by Crippen LogP contribution is 2.07. The predicted molar refractivity (Wildman–Crippen MR) is 66.9 cm³/mol. The van der Waals surface area contributed by atoms with Gasteiger partial charge >= 0.3 is 0 Å². The molecule has 0 amide bonds. The van der Waals surface area contributed by atoms with Gasteiger partial charge in [-0.3, -0.25) is 4.68 Å². The van der Waals surface area contributed by atoms with Gasteiger partial charge in [0.25, 0.3) is 0 Å². The lowest BCUT2D eigenvalue weighted by molar-refractivity contribution is 0.359. The zero-order valence-corrected chi connectivity index (χ0v) is 11.4. The molecule has 2 rings (SSSR count). The summed E-state index contributed by atoms with van der Waals surface area (Å²) in [4.78, 5) is 4.31. The molecule has 86 valence electrons. The van der Waals surface area contributed by atoms with Crippen molar-refractivity contribution in [2.24, 2.45) is 5.92 Å². The predicted octanol–water partition coefficient (Wildman–Crippen LogP) is 2.12. The Morgan fingerprint density at radius 2 is 2.31 bits per heavy atom. The van der Waals surface area contributed by atoms with Crippen molar-refractivity contribution in [1.29, 1.82) is 0 Å². The van der Waals surface area contributed by atoms with E-state index in [9.17, 15) is 0 Å². The van der Waals surface area contributed by atoms with Gasteiger partial charge < -0.3 is 4.52 Å². The third-order valence-electron chi connectivity index (χ3n) is 2.00. The fourth-order valence-corrected chi connectivity index (χ4v) is 1.81. The Morgan fingerprint density at radius 3 is 2.94 bits per heavy atom. The number of hydrogen-bond acceptors (Lipinski definition) is 4. The van der Waals surface area contributed by atoms with E-state index in [-0.39, 0.29) is 0 Å². The highest BCUT2D eigenvalue weighted by atomic mass is 127. The van der Waals surface area contributed by atoms with Gasteiger partial charge in [-0.2, -0.15) is 10.1 Å². The quantitative estimate of drug-likeness (QED) is 0.805. The standard InChI is InChI=1S/C10H13IN4O/c1-7(2)3-9-13-10(16-14-9)6-15-5-8(11)4-12-15/h4-5,7H,3,6H2,1-2H3. The van der Waals surface area contributed by atoms with Crippen LogP contribution in [0.5, 0.6) is 0 Å². The molecular formula is C10H13IN4O. The molecule has 0 aliphatic rings. The molecule has 0 N–H and O–H groups in total. The molecule has 16 heavy (non-hydrogen) atoms. The van der Waals surface area contributed by atoms with Crippen LogP contribution in [0.3, 0.4) is 0 Å². The minimum absolute atomic E-state index is 0.536. The summed E-state index contributed by atoms with van der Waals surface area (Å²) in [7, 11) is 0. The van der Waals surface area contributed by atoms with E-state index in [1.54, 1.807) is 10.9 Å². The van der Waals surface area contributed by atoms with Crippen LogP contribution in [-0.2, 0) is 13.0 Å². The van der Waals surface area contributed by atoms with Gasteiger partial charge in [0.15, 0.2) is 5.82 Å². The van der Waals surface area contributed by atoms with Crippen molar-refractivity contribution in [2.75, 3.05) is 0 Å². The largest absolute Gasteiger partial charge is 0.337 e. The Bertz CT molecular complexity index is 463. The molecule has 0 aliphatic carbocycles. The molecular weight excluding hydrogens is 319 g/mol. The minimum Gasteiger partial charge on any atom is -0.337 e. The van der Waals surface area contributed by atoms with Gasteiger partial charge in [-0.25, -0.2) is 0 Å². The second-order valence-electron chi connectivity index (χ2n) is 4.06. The molecule has 2 aromatic rings. The first kappa shape index (κ1) is 11.6. The van der Waals surface area contributed by atoms with Crippen molar-refractivity contribution in [3.8, 4) is 0 Å². The van der Waals surface area contributed by atoms with E-state index < -0.39 is 0 Å². The van der Waals surface area contributed by atoms with Crippen LogP contribution in [0.25, 0.3) is 0 Å². The Morgan fingerprint density at radius 1 is 1.50 bits per heavy atom. The first-order chi connectivity index (χ1) is 7.63. The topological polar surface area (TPSA) is 56.7 Å². The lowest BCUT2D eigenvalue weighted by atomic mass is 10.1. The molecule has 6 heteroatoms. The monoisotopic (exact) mass is 332 g/mol. The second kappa shape index (κ2) is 4.94. The van der Waals surface area contributed by atoms with Gasteiger partial charge in [0.1, 0.15) is 6.54 Å². The van der Waals surface area contributed by atoms with Crippen molar-refractivity contribution in [3.05, 3.63) is 27.7 Å². The van der Waals surface area contributed by atoms with E-state index >= 15 is 0 Å². The van der Waals surface area contributed by atoms with Crippen molar-refractivity contribution in [3.63, 3.8) is 0 Å². The lowest BCUT2D eigenvalue weighted by Gasteiger charge is -1.96. The van der Waals surface area contributed by atoms with Crippen LogP contribution in [0.15, 0.2) is 16.9 Å². The maximum atomic E-state index is 5.15. The summed E-state index contributed by atoms with van der Waals surface area (Å²) in [6, 6.07) is 0. The Kier molecular flexibility index (Phi) is 3.57. The molecule has 0 atom stereocenters. The van der Waals surface area contributed by atoms with Crippen LogP contribution in [0.2, 0.25) is 0 Å². The maximum absolute atomic E-state index is 5.15. The number of halogens is 1. The Labute approximate surface area is 107 Å². The van der Waals surface area contributed by atoms with Gasteiger partial charge in [0, 0.05) is 12.6 Å². The number of rotatable bonds is 4. The molecule has 0 unspecified atom stereocenters. The minimum atomic E-state index is 0.536. The molecule has 0 saturated heterocycles. The van der Waals surface area contributed by atoms with Crippen LogP contribution < -0.4 is 0 Å². The zero-order chi connectivity index (χ0) is 11.5. The molecule has 0 bridgehead atoms. The second-order valence-corrected chi connectivity index (χ2v) is 5.30. The molecule has 0 aromatic carbocycles. The van der Waals surface area contributed by atoms with Crippen molar-refractivity contribution < 1.29 is 4.52 Å². The Balaban J connectivity index is 2.02. The molecule has 5 nitrogen and oxygen atoms in total. The average Bonchev–Trinajstić information content (AvgIpc) is 2.76. The van der Waals surface area contributed by atoms with Crippen LogP contribution in [-0.4, -0.2) is 19.9 Å². The molecule has 0 aliphatic heterocycles. The fourth-order valence-electron chi connectivity index (χ4n) is 1.37. The summed E-state index contributed by atoms with van der Waals surface area (Å²) >= 11 is 2.21. The summed E-state index contributed by atoms with van der Waals surface area (Å²) in [5, 5.41) is 8.09. The fraction of sp³-hybridized carbons (Fsp3) is 0.500. The van der Waals surface area contributed by atoms with Gasteiger partial charge in [0.05, 0.1) is 9.77 Å². The SMILES string of the molecule is CC(C)Cc1noc(Cn2cc(I)cn2)n1. The average molecular weight is 332 g/mol. The van der Waals surface area contributed by atoms with Gasteiger partial charge in [-0.1, -0.05) is 19.0 Å². The molecule has 2 heterocycles. The van der Waals surface area contributed by atoms with E-state index in [2.05, 4.69) is 51.7 Å². The van der Waals surface area contributed by atoms with E-state index in [1.165, 1.54) is 0 Å². The smallest absolute Gasteiger partial charge is 0.248 e. The zero-order valence-electron chi connectivity index (χ0n) is 9.22. The van der Waals surface area contributed by atoms with Gasteiger partial charge in [0.2, 0.25) is 5.89 Å². The number of hydrogen-bond donors (Lipinski definition) is 0. The highest BCUT2D eigenvalue weighted by Gasteiger charge is 2.08. The first-order valence-electron chi connectivity index (χ1n) is 5.13. The van der Waals surface area contributed by atoms with Crippen molar-refractivity contribution in [2.45, 2.75) is 26.8 Å². The van der Waals surface area contributed by atoms with Crippen LogP contribution >= 0.6 is 22.6 Å². The normalized spacial score (nSPS) is 11.2. The molecule has 0 radical (unpaired) electrons. The lowest BCUT2D eigenvalue weighted by Crippen LogP contribution is -2.01. The summed E-state index contributed by atoms with van der Waals surface area (Å²) in [5.74, 6) is 1.91. The third-order valence-corrected chi connectivity index (χ3v) is 2.56. The summed E-state index contributed by atoms with van der Waals surface area (Å²) in [5.41, 5.74) is 0.